The van der Waals surface area contributed by atoms with Crippen LogP contribution in [0.15, 0.2) is 72.8 Å². The van der Waals surface area contributed by atoms with Gasteiger partial charge in [0, 0.05) is 26.1 Å². The molecule has 0 saturated heterocycles. The van der Waals surface area contributed by atoms with E-state index >= 15 is 0 Å². The molecule has 1 aliphatic rings. The second kappa shape index (κ2) is 13.6. The molecule has 7 heteroatoms. The van der Waals surface area contributed by atoms with Gasteiger partial charge in [-0.3, -0.25) is 9.59 Å². The molecule has 0 saturated carbocycles. The minimum absolute atomic E-state index is 0.223. The van der Waals surface area contributed by atoms with Crippen molar-refractivity contribution in [3.63, 3.8) is 0 Å². The van der Waals surface area contributed by atoms with E-state index in [4.69, 9.17) is 4.74 Å². The molecular weight excluding hydrogens is 468 g/mol. The zero-order valence-electron chi connectivity index (χ0n) is 21.7. The molecule has 1 heterocycles. The highest BCUT2D eigenvalue weighted by Crippen LogP contribution is 2.24. The maximum Gasteiger partial charge on any atom is 0.251 e. The molecule has 3 N–H and O–H groups in total. The van der Waals surface area contributed by atoms with Gasteiger partial charge in [-0.2, -0.15) is 0 Å². The molecule has 2 atom stereocenters. The lowest BCUT2D eigenvalue weighted by molar-refractivity contribution is -0.144. The highest BCUT2D eigenvalue weighted by atomic mass is 16.5. The molecule has 0 bridgehead atoms. The lowest BCUT2D eigenvalue weighted by Gasteiger charge is -2.30. The van der Waals surface area contributed by atoms with Crippen molar-refractivity contribution in [2.45, 2.75) is 52.0 Å². The number of nitrogens with one attached hydrogen (secondary N) is 1. The van der Waals surface area contributed by atoms with E-state index < -0.39 is 24.0 Å². The smallest absolute Gasteiger partial charge is 0.251 e. The Morgan fingerprint density at radius 1 is 0.919 bits per heavy atom. The highest BCUT2D eigenvalue weighted by Gasteiger charge is 2.29. The summed E-state index contributed by atoms with van der Waals surface area (Å²) < 4.78 is 5.27. The fourth-order valence-corrected chi connectivity index (χ4v) is 4.24. The van der Waals surface area contributed by atoms with E-state index in [-0.39, 0.29) is 13.0 Å². The Labute approximate surface area is 218 Å². The Morgan fingerprint density at radius 2 is 1.62 bits per heavy atom. The van der Waals surface area contributed by atoms with E-state index in [0.717, 1.165) is 28.0 Å². The number of fused-ring (bicyclic) bond motifs is 1. The Balaban J connectivity index is 0.00000186. The van der Waals surface area contributed by atoms with Crippen LogP contribution >= 0.6 is 0 Å². The first kappa shape index (κ1) is 27.9. The first-order chi connectivity index (χ1) is 17.9. The SMILES string of the molecule is CC.COc1cccc(-c2ccc(CNC(=O)C(O)CC(O)C(=O)N3CCc4ccccc4C3)cc2)c1. The van der Waals surface area contributed by atoms with Gasteiger partial charge in [-0.25, -0.2) is 0 Å². The van der Waals surface area contributed by atoms with E-state index in [1.807, 2.05) is 86.6 Å². The van der Waals surface area contributed by atoms with Crippen LogP contribution < -0.4 is 10.1 Å². The van der Waals surface area contributed by atoms with Gasteiger partial charge in [-0.05, 0) is 46.4 Å². The minimum atomic E-state index is -1.48. The Morgan fingerprint density at radius 3 is 2.32 bits per heavy atom. The average Bonchev–Trinajstić information content (AvgIpc) is 2.96. The lowest BCUT2D eigenvalue weighted by Crippen LogP contribution is -2.45. The zero-order valence-corrected chi connectivity index (χ0v) is 21.7. The highest BCUT2D eigenvalue weighted by molar-refractivity contribution is 5.84. The Bertz CT molecular complexity index is 1180. The van der Waals surface area contributed by atoms with Crippen LogP contribution in [0.25, 0.3) is 11.1 Å². The number of aliphatic hydroxyl groups excluding tert-OH is 2. The molecule has 7 nitrogen and oxygen atoms in total. The number of amides is 2. The van der Waals surface area contributed by atoms with Crippen LogP contribution in [-0.4, -0.2) is 52.8 Å². The second-order valence-electron chi connectivity index (χ2n) is 8.69. The van der Waals surface area contributed by atoms with Crippen molar-refractivity contribution in [3.8, 4) is 16.9 Å². The van der Waals surface area contributed by atoms with Gasteiger partial charge < -0.3 is 25.2 Å². The summed E-state index contributed by atoms with van der Waals surface area (Å²) in [6.45, 7) is 5.14. The molecule has 0 fully saturated rings. The van der Waals surface area contributed by atoms with Gasteiger partial charge in [0.15, 0.2) is 0 Å². The van der Waals surface area contributed by atoms with Crippen LogP contribution in [0.4, 0.5) is 0 Å². The van der Waals surface area contributed by atoms with Gasteiger partial charge >= 0.3 is 0 Å². The topological polar surface area (TPSA) is 99.1 Å². The fraction of sp³-hybridized carbons (Fsp3) is 0.333. The summed E-state index contributed by atoms with van der Waals surface area (Å²) in [7, 11) is 1.63. The normalized spacial score (nSPS) is 13.9. The van der Waals surface area contributed by atoms with Gasteiger partial charge in [0.25, 0.3) is 5.91 Å². The molecule has 0 radical (unpaired) electrons. The molecule has 0 aromatic heterocycles. The first-order valence-electron chi connectivity index (χ1n) is 12.7. The van der Waals surface area contributed by atoms with Gasteiger partial charge in [-0.1, -0.05) is 74.5 Å². The van der Waals surface area contributed by atoms with Gasteiger partial charge in [0.2, 0.25) is 5.91 Å². The van der Waals surface area contributed by atoms with Crippen LogP contribution in [0.2, 0.25) is 0 Å². The number of ether oxygens (including phenoxy) is 1. The molecule has 37 heavy (non-hydrogen) atoms. The summed E-state index contributed by atoms with van der Waals surface area (Å²) in [5.41, 5.74) is 5.14. The maximum absolute atomic E-state index is 12.7. The van der Waals surface area contributed by atoms with Gasteiger partial charge in [0.1, 0.15) is 18.0 Å². The summed E-state index contributed by atoms with van der Waals surface area (Å²) in [5.74, 6) is -0.323. The van der Waals surface area contributed by atoms with Crippen LogP contribution in [0.5, 0.6) is 5.75 Å². The summed E-state index contributed by atoms with van der Waals surface area (Å²) in [4.78, 5) is 26.6. The predicted molar refractivity (Wildman–Crippen MR) is 144 cm³/mol. The number of hydrogen-bond donors (Lipinski definition) is 3. The van der Waals surface area contributed by atoms with Crippen LogP contribution in [0.3, 0.4) is 0 Å². The summed E-state index contributed by atoms with van der Waals surface area (Å²) in [5, 5.41) is 23.3. The number of methoxy groups -OCH3 is 1. The second-order valence-corrected chi connectivity index (χ2v) is 8.69. The van der Waals surface area contributed by atoms with Crippen molar-refractivity contribution in [1.29, 1.82) is 0 Å². The van der Waals surface area contributed by atoms with Crippen molar-refractivity contribution >= 4 is 11.8 Å². The largest absolute Gasteiger partial charge is 0.497 e. The van der Waals surface area contributed by atoms with E-state index in [9.17, 15) is 19.8 Å². The number of hydrogen-bond acceptors (Lipinski definition) is 5. The van der Waals surface area contributed by atoms with Crippen molar-refractivity contribution in [1.82, 2.24) is 10.2 Å². The van der Waals surface area contributed by atoms with E-state index in [2.05, 4.69) is 5.32 Å². The molecule has 3 aromatic carbocycles. The molecule has 2 unspecified atom stereocenters. The number of carbonyl (C=O) groups excluding carboxylic acids is 2. The molecule has 4 rings (SSSR count). The first-order valence-corrected chi connectivity index (χ1v) is 12.7. The number of benzene rings is 3. The zero-order chi connectivity index (χ0) is 26.8. The minimum Gasteiger partial charge on any atom is -0.497 e. The number of aliphatic hydroxyl groups is 2. The fourth-order valence-electron chi connectivity index (χ4n) is 4.24. The quantitative estimate of drug-likeness (QED) is 0.435. The van der Waals surface area contributed by atoms with Crippen molar-refractivity contribution in [2.75, 3.05) is 13.7 Å². The summed E-state index contributed by atoms with van der Waals surface area (Å²) in [6.07, 6.45) is -2.56. The van der Waals surface area contributed by atoms with Crippen LogP contribution in [-0.2, 0) is 29.1 Å². The maximum atomic E-state index is 12.7. The van der Waals surface area contributed by atoms with E-state index in [1.165, 1.54) is 5.56 Å². The lowest BCUT2D eigenvalue weighted by atomic mass is 9.99. The van der Waals surface area contributed by atoms with Crippen LogP contribution in [0, 0.1) is 0 Å². The molecule has 3 aromatic rings. The number of carbonyl (C=O) groups is 2. The van der Waals surface area contributed by atoms with E-state index in [0.29, 0.717) is 19.5 Å². The van der Waals surface area contributed by atoms with Crippen molar-refractivity contribution in [2.24, 2.45) is 0 Å². The predicted octanol–water partition coefficient (Wildman–Crippen LogP) is 3.70. The molecule has 0 aliphatic carbocycles. The summed E-state index contributed by atoms with van der Waals surface area (Å²) in [6, 6.07) is 23.3. The van der Waals surface area contributed by atoms with Crippen molar-refractivity contribution in [3.05, 3.63) is 89.5 Å². The Hall–Kier alpha value is -3.68. The third-order valence-electron chi connectivity index (χ3n) is 6.30. The summed E-state index contributed by atoms with van der Waals surface area (Å²) >= 11 is 0. The third-order valence-corrected chi connectivity index (χ3v) is 6.30. The number of rotatable bonds is 8. The van der Waals surface area contributed by atoms with Crippen molar-refractivity contribution < 1.29 is 24.5 Å². The number of nitrogens with zero attached hydrogens (tertiary/aromatic N) is 1. The third kappa shape index (κ3) is 7.41. The van der Waals surface area contributed by atoms with E-state index in [1.54, 1.807) is 12.0 Å². The van der Waals surface area contributed by atoms with Crippen LogP contribution in [0.1, 0.15) is 37.0 Å². The molecule has 2 amide bonds. The van der Waals surface area contributed by atoms with Gasteiger partial charge in [0.05, 0.1) is 7.11 Å². The molecular formula is C30H36N2O5. The van der Waals surface area contributed by atoms with Gasteiger partial charge in [-0.15, -0.1) is 0 Å². The molecule has 1 aliphatic heterocycles. The monoisotopic (exact) mass is 504 g/mol. The average molecular weight is 505 g/mol. The molecule has 0 spiro atoms. The standard InChI is InChI=1S/C28H30N2O5.C2H6/c1-35-24-8-4-7-22(15-24)21-11-9-19(10-12-21)17-29-27(33)25(31)16-26(32)28(34)30-14-13-20-5-2-3-6-23(20)18-30;1-2/h2-12,15,25-26,31-32H,13-14,16-18H2,1H3,(H,29,33);1-2H3. The molecule has 196 valence electrons. The Kier molecular flexibility index (Phi) is 10.2.